The molecule has 74 valence electrons. The first-order valence-corrected chi connectivity index (χ1v) is 5.18. The highest BCUT2D eigenvalue weighted by atomic mass is 14.9. The second-order valence-corrected chi connectivity index (χ2v) is 3.77. The second kappa shape index (κ2) is 3.82. The molecular formula is C12H16N2. The second-order valence-electron chi connectivity index (χ2n) is 3.77. The summed E-state index contributed by atoms with van der Waals surface area (Å²) in [5, 5.41) is 0. The van der Waals surface area contributed by atoms with Crippen LogP contribution in [0.4, 0.5) is 0 Å². The average molecular weight is 188 g/mol. The van der Waals surface area contributed by atoms with Crippen molar-refractivity contribution in [3.05, 3.63) is 35.4 Å². The molecule has 1 aliphatic carbocycles. The quantitative estimate of drug-likeness (QED) is 0.557. The van der Waals surface area contributed by atoms with Gasteiger partial charge in [-0.05, 0) is 30.9 Å². The fraction of sp³-hybridized carbons (Fsp3) is 0.417. The molecule has 0 heterocycles. The molecule has 0 saturated carbocycles. The Balaban J connectivity index is 2.15. The molecule has 0 saturated heterocycles. The van der Waals surface area contributed by atoms with Crippen molar-refractivity contribution in [1.29, 1.82) is 0 Å². The fourth-order valence-electron chi connectivity index (χ4n) is 2.08. The zero-order valence-electron chi connectivity index (χ0n) is 8.53. The number of benzene rings is 1. The van der Waals surface area contributed by atoms with Crippen LogP contribution < -0.4 is 5.73 Å². The molecule has 1 aliphatic rings. The predicted molar refractivity (Wildman–Crippen MR) is 59.5 cm³/mol. The van der Waals surface area contributed by atoms with E-state index in [0.717, 1.165) is 25.2 Å². The molecule has 1 aromatic carbocycles. The molecule has 0 unspecified atom stereocenters. The lowest BCUT2D eigenvalue weighted by Crippen LogP contribution is -2.24. The van der Waals surface area contributed by atoms with E-state index in [9.17, 15) is 0 Å². The van der Waals surface area contributed by atoms with Crippen molar-refractivity contribution in [2.75, 3.05) is 6.54 Å². The Labute approximate surface area is 84.9 Å². The third-order valence-electron chi connectivity index (χ3n) is 2.81. The van der Waals surface area contributed by atoms with Gasteiger partial charge in [0.25, 0.3) is 0 Å². The Bertz CT molecular complexity index is 330. The van der Waals surface area contributed by atoms with E-state index in [4.69, 9.17) is 5.73 Å². The third kappa shape index (κ3) is 1.65. The van der Waals surface area contributed by atoms with Gasteiger partial charge in [0.05, 0.1) is 5.84 Å². The number of hydrogen-bond donors (Lipinski definition) is 1. The molecular weight excluding hydrogens is 172 g/mol. The van der Waals surface area contributed by atoms with Gasteiger partial charge in [0.1, 0.15) is 0 Å². The van der Waals surface area contributed by atoms with Gasteiger partial charge in [0.2, 0.25) is 0 Å². The van der Waals surface area contributed by atoms with Crippen LogP contribution in [-0.4, -0.2) is 12.4 Å². The van der Waals surface area contributed by atoms with Crippen molar-refractivity contribution in [3.63, 3.8) is 0 Å². The normalized spacial score (nSPS) is 17.1. The first-order valence-electron chi connectivity index (χ1n) is 5.18. The molecule has 0 spiro atoms. The number of aliphatic imine (C=N–C) groups is 1. The lowest BCUT2D eigenvalue weighted by atomic mass is 10.1. The van der Waals surface area contributed by atoms with Gasteiger partial charge in [-0.15, -0.1) is 0 Å². The minimum atomic E-state index is 0.437. The number of fused-ring (bicyclic) bond motifs is 1. The number of amidine groups is 1. The van der Waals surface area contributed by atoms with Crippen LogP contribution in [0.1, 0.15) is 18.1 Å². The molecule has 0 radical (unpaired) electrons. The monoisotopic (exact) mass is 188 g/mol. The molecule has 0 amide bonds. The van der Waals surface area contributed by atoms with Crippen molar-refractivity contribution in [1.82, 2.24) is 0 Å². The smallest absolute Gasteiger partial charge is 0.0974 e. The van der Waals surface area contributed by atoms with Crippen LogP contribution in [0.15, 0.2) is 29.3 Å². The van der Waals surface area contributed by atoms with E-state index in [-0.39, 0.29) is 0 Å². The van der Waals surface area contributed by atoms with Gasteiger partial charge in [0, 0.05) is 12.5 Å². The summed E-state index contributed by atoms with van der Waals surface area (Å²) in [6.07, 6.45) is 2.12. The Morgan fingerprint density at radius 3 is 2.43 bits per heavy atom. The first-order chi connectivity index (χ1) is 6.81. The number of hydrogen-bond acceptors (Lipinski definition) is 1. The molecule has 2 heteroatoms. The van der Waals surface area contributed by atoms with E-state index >= 15 is 0 Å². The van der Waals surface area contributed by atoms with E-state index in [1.54, 1.807) is 0 Å². The molecule has 1 aromatic rings. The first kappa shape index (κ1) is 9.25. The number of nitrogens with two attached hydrogens (primary N) is 1. The average Bonchev–Trinajstić information content (AvgIpc) is 2.61. The van der Waals surface area contributed by atoms with Crippen LogP contribution in [-0.2, 0) is 12.8 Å². The van der Waals surface area contributed by atoms with Crippen molar-refractivity contribution in [3.8, 4) is 0 Å². The van der Waals surface area contributed by atoms with E-state index < -0.39 is 0 Å². The predicted octanol–water partition coefficient (Wildman–Crippen LogP) is 1.78. The lowest BCUT2D eigenvalue weighted by molar-refractivity contribution is 0.736. The molecule has 2 rings (SSSR count). The standard InChI is InChI=1S/C12H16N2/c1-2-14-12(13)11-7-9-5-3-4-6-10(9)8-11/h3-6,11H,2,7-8H2,1H3,(H2,13,14). The van der Waals surface area contributed by atoms with Gasteiger partial charge in [-0.25, -0.2) is 0 Å². The molecule has 0 atom stereocenters. The van der Waals surface area contributed by atoms with Crippen molar-refractivity contribution in [2.24, 2.45) is 16.6 Å². The van der Waals surface area contributed by atoms with Crippen molar-refractivity contribution < 1.29 is 0 Å². The maximum atomic E-state index is 5.92. The maximum absolute atomic E-state index is 5.92. The molecule has 2 nitrogen and oxygen atoms in total. The molecule has 0 bridgehead atoms. The van der Waals surface area contributed by atoms with Crippen LogP contribution >= 0.6 is 0 Å². The zero-order valence-corrected chi connectivity index (χ0v) is 8.53. The van der Waals surface area contributed by atoms with Crippen molar-refractivity contribution >= 4 is 5.84 Å². The number of nitrogens with zero attached hydrogens (tertiary/aromatic N) is 1. The third-order valence-corrected chi connectivity index (χ3v) is 2.81. The van der Waals surface area contributed by atoms with Gasteiger partial charge in [-0.3, -0.25) is 4.99 Å². The highest BCUT2D eigenvalue weighted by Crippen LogP contribution is 2.26. The van der Waals surface area contributed by atoms with Gasteiger partial charge in [-0.2, -0.15) is 0 Å². The fourth-order valence-corrected chi connectivity index (χ4v) is 2.08. The maximum Gasteiger partial charge on any atom is 0.0974 e. The van der Waals surface area contributed by atoms with E-state index in [2.05, 4.69) is 29.3 Å². The Hall–Kier alpha value is -1.31. The SMILES string of the molecule is CCN=C(N)C1Cc2ccccc2C1. The van der Waals surface area contributed by atoms with E-state index in [1.807, 2.05) is 6.92 Å². The Morgan fingerprint density at radius 2 is 1.93 bits per heavy atom. The molecule has 0 aliphatic heterocycles. The van der Waals surface area contributed by atoms with Crippen LogP contribution in [0.3, 0.4) is 0 Å². The number of rotatable bonds is 2. The minimum Gasteiger partial charge on any atom is -0.387 e. The summed E-state index contributed by atoms with van der Waals surface area (Å²) in [5.41, 5.74) is 8.79. The molecule has 2 N–H and O–H groups in total. The summed E-state index contributed by atoms with van der Waals surface area (Å²) in [4.78, 5) is 4.28. The van der Waals surface area contributed by atoms with Gasteiger partial charge < -0.3 is 5.73 Å². The van der Waals surface area contributed by atoms with Crippen LogP contribution in [0.25, 0.3) is 0 Å². The van der Waals surface area contributed by atoms with E-state index in [1.165, 1.54) is 11.1 Å². The van der Waals surface area contributed by atoms with Gasteiger partial charge >= 0.3 is 0 Å². The Morgan fingerprint density at radius 1 is 1.36 bits per heavy atom. The summed E-state index contributed by atoms with van der Waals surface area (Å²) >= 11 is 0. The van der Waals surface area contributed by atoms with Crippen LogP contribution in [0, 0.1) is 5.92 Å². The zero-order chi connectivity index (χ0) is 9.97. The highest BCUT2D eigenvalue weighted by Gasteiger charge is 2.23. The molecule has 14 heavy (non-hydrogen) atoms. The highest BCUT2D eigenvalue weighted by molar-refractivity contribution is 5.84. The summed E-state index contributed by atoms with van der Waals surface area (Å²) in [5.74, 6) is 1.26. The Kier molecular flexibility index (Phi) is 2.53. The summed E-state index contributed by atoms with van der Waals surface area (Å²) in [6, 6.07) is 8.56. The van der Waals surface area contributed by atoms with Gasteiger partial charge in [-0.1, -0.05) is 24.3 Å². The van der Waals surface area contributed by atoms with Crippen LogP contribution in [0.2, 0.25) is 0 Å². The summed E-state index contributed by atoms with van der Waals surface area (Å²) < 4.78 is 0. The van der Waals surface area contributed by atoms with E-state index in [0.29, 0.717) is 5.92 Å². The lowest BCUT2D eigenvalue weighted by Gasteiger charge is -2.07. The summed E-state index contributed by atoms with van der Waals surface area (Å²) in [6.45, 7) is 2.81. The summed E-state index contributed by atoms with van der Waals surface area (Å²) in [7, 11) is 0. The largest absolute Gasteiger partial charge is 0.387 e. The molecule has 0 fully saturated rings. The van der Waals surface area contributed by atoms with Gasteiger partial charge in [0.15, 0.2) is 0 Å². The van der Waals surface area contributed by atoms with Crippen LogP contribution in [0.5, 0.6) is 0 Å². The minimum absolute atomic E-state index is 0.437. The molecule has 0 aromatic heterocycles. The topological polar surface area (TPSA) is 38.4 Å². The van der Waals surface area contributed by atoms with Crippen molar-refractivity contribution in [2.45, 2.75) is 19.8 Å².